The van der Waals surface area contributed by atoms with Gasteiger partial charge in [0, 0.05) is 43.4 Å². The van der Waals surface area contributed by atoms with Gasteiger partial charge in [-0.2, -0.15) is 0 Å². The van der Waals surface area contributed by atoms with Crippen molar-refractivity contribution in [1.29, 1.82) is 0 Å². The number of rotatable bonds is 9. The van der Waals surface area contributed by atoms with Gasteiger partial charge < -0.3 is 19.7 Å². The van der Waals surface area contributed by atoms with Gasteiger partial charge in [-0.25, -0.2) is 4.79 Å². The number of ether oxygens (including phenoxy) is 2. The van der Waals surface area contributed by atoms with Crippen LogP contribution in [0, 0.1) is 0 Å². The second-order valence-electron chi connectivity index (χ2n) is 7.24. The Balaban J connectivity index is 1.61. The number of halogens is 1. The third-order valence-electron chi connectivity index (χ3n) is 5.00. The Kier molecular flexibility index (Phi) is 8.81. The Labute approximate surface area is 183 Å². The SMILES string of the molecule is CCOc1ccc(CN(CCCN2CCOCC2)C(=O)Nc2ccc(Cl)cc2)cc1. The van der Waals surface area contributed by atoms with Gasteiger partial charge in [-0.05, 0) is 55.3 Å². The molecular formula is C23H30ClN3O3. The number of hydrogen-bond donors (Lipinski definition) is 1. The maximum Gasteiger partial charge on any atom is 0.322 e. The summed E-state index contributed by atoms with van der Waals surface area (Å²) in [7, 11) is 0. The van der Waals surface area contributed by atoms with E-state index in [0.29, 0.717) is 24.7 Å². The summed E-state index contributed by atoms with van der Waals surface area (Å²) in [6.45, 7) is 8.24. The van der Waals surface area contributed by atoms with Crippen LogP contribution in [0.1, 0.15) is 18.9 Å². The Morgan fingerprint density at radius 3 is 2.50 bits per heavy atom. The van der Waals surface area contributed by atoms with Gasteiger partial charge >= 0.3 is 6.03 Å². The highest BCUT2D eigenvalue weighted by Gasteiger charge is 2.16. The minimum atomic E-state index is -0.117. The van der Waals surface area contributed by atoms with Gasteiger partial charge in [0.1, 0.15) is 5.75 Å². The summed E-state index contributed by atoms with van der Waals surface area (Å²) in [5.74, 6) is 0.839. The molecule has 0 radical (unpaired) electrons. The van der Waals surface area contributed by atoms with Crippen LogP contribution in [0.25, 0.3) is 0 Å². The van der Waals surface area contributed by atoms with Crippen LogP contribution < -0.4 is 10.1 Å². The van der Waals surface area contributed by atoms with Crippen molar-refractivity contribution in [2.45, 2.75) is 19.9 Å². The molecule has 6 nitrogen and oxygen atoms in total. The van der Waals surface area contributed by atoms with Gasteiger partial charge in [-0.3, -0.25) is 4.90 Å². The first-order chi connectivity index (χ1) is 14.6. The second kappa shape index (κ2) is 11.8. The predicted molar refractivity (Wildman–Crippen MR) is 120 cm³/mol. The molecule has 7 heteroatoms. The first-order valence-corrected chi connectivity index (χ1v) is 10.8. The first-order valence-electron chi connectivity index (χ1n) is 10.5. The molecule has 1 heterocycles. The fraction of sp³-hybridized carbons (Fsp3) is 0.435. The monoisotopic (exact) mass is 431 g/mol. The van der Waals surface area contributed by atoms with E-state index in [4.69, 9.17) is 21.1 Å². The number of benzene rings is 2. The minimum Gasteiger partial charge on any atom is -0.494 e. The van der Waals surface area contributed by atoms with Crippen molar-refractivity contribution >= 4 is 23.3 Å². The van der Waals surface area contributed by atoms with Crippen molar-refractivity contribution in [2.24, 2.45) is 0 Å². The first kappa shape index (κ1) is 22.4. The molecule has 30 heavy (non-hydrogen) atoms. The summed E-state index contributed by atoms with van der Waals surface area (Å²) in [5, 5.41) is 3.62. The van der Waals surface area contributed by atoms with Crippen molar-refractivity contribution in [2.75, 3.05) is 51.3 Å². The molecule has 1 aliphatic heterocycles. The Morgan fingerprint density at radius 1 is 1.13 bits per heavy atom. The molecule has 1 aliphatic rings. The number of nitrogens with zero attached hydrogens (tertiary/aromatic N) is 2. The highest BCUT2D eigenvalue weighted by atomic mass is 35.5. The number of hydrogen-bond acceptors (Lipinski definition) is 4. The molecule has 0 bridgehead atoms. The van der Waals surface area contributed by atoms with Gasteiger partial charge in [0.05, 0.1) is 19.8 Å². The van der Waals surface area contributed by atoms with E-state index in [0.717, 1.165) is 56.3 Å². The average molecular weight is 432 g/mol. The summed E-state index contributed by atoms with van der Waals surface area (Å²) in [6.07, 6.45) is 0.908. The van der Waals surface area contributed by atoms with Gasteiger partial charge in [-0.1, -0.05) is 23.7 Å². The highest BCUT2D eigenvalue weighted by molar-refractivity contribution is 6.30. The summed E-state index contributed by atoms with van der Waals surface area (Å²) in [6, 6.07) is 15.0. The number of carbonyl (C=O) groups is 1. The Morgan fingerprint density at radius 2 is 1.83 bits per heavy atom. The van der Waals surface area contributed by atoms with E-state index < -0.39 is 0 Å². The summed E-state index contributed by atoms with van der Waals surface area (Å²) in [5.41, 5.74) is 1.80. The lowest BCUT2D eigenvalue weighted by Crippen LogP contribution is -2.40. The van der Waals surface area contributed by atoms with E-state index >= 15 is 0 Å². The maximum atomic E-state index is 13.0. The summed E-state index contributed by atoms with van der Waals surface area (Å²) >= 11 is 5.95. The molecule has 162 valence electrons. The van der Waals surface area contributed by atoms with Gasteiger partial charge in [0.25, 0.3) is 0 Å². The fourth-order valence-electron chi connectivity index (χ4n) is 3.38. The zero-order valence-corrected chi connectivity index (χ0v) is 18.2. The number of urea groups is 1. The van der Waals surface area contributed by atoms with E-state index in [1.165, 1.54) is 0 Å². The van der Waals surface area contributed by atoms with Crippen LogP contribution in [-0.4, -0.2) is 61.8 Å². The third kappa shape index (κ3) is 7.20. The average Bonchev–Trinajstić information content (AvgIpc) is 2.77. The lowest BCUT2D eigenvalue weighted by Gasteiger charge is -2.28. The predicted octanol–water partition coefficient (Wildman–Crippen LogP) is 4.50. The number of carbonyl (C=O) groups excluding carboxylic acids is 1. The zero-order valence-electron chi connectivity index (χ0n) is 17.5. The molecule has 0 unspecified atom stereocenters. The standard InChI is InChI=1S/C23H30ClN3O3/c1-2-30-22-10-4-19(5-11-22)18-27(13-3-12-26-14-16-29-17-15-26)23(28)25-21-8-6-20(24)7-9-21/h4-11H,2-3,12-18H2,1H3,(H,25,28). The normalized spacial score (nSPS) is 14.3. The Bertz CT molecular complexity index is 777. The van der Waals surface area contributed by atoms with Crippen LogP contribution in [0.15, 0.2) is 48.5 Å². The zero-order chi connectivity index (χ0) is 21.2. The van der Waals surface area contributed by atoms with Crippen LogP contribution >= 0.6 is 11.6 Å². The molecular weight excluding hydrogens is 402 g/mol. The van der Waals surface area contributed by atoms with Crippen LogP contribution in [-0.2, 0) is 11.3 Å². The number of amides is 2. The van der Waals surface area contributed by atoms with Crippen LogP contribution in [0.5, 0.6) is 5.75 Å². The molecule has 2 aromatic carbocycles. The lowest BCUT2D eigenvalue weighted by molar-refractivity contribution is 0.0365. The molecule has 1 N–H and O–H groups in total. The van der Waals surface area contributed by atoms with Gasteiger partial charge in [0.2, 0.25) is 0 Å². The maximum absolute atomic E-state index is 13.0. The highest BCUT2D eigenvalue weighted by Crippen LogP contribution is 2.17. The van der Waals surface area contributed by atoms with E-state index in [-0.39, 0.29) is 6.03 Å². The van der Waals surface area contributed by atoms with Crippen molar-refractivity contribution in [3.05, 3.63) is 59.1 Å². The summed E-state index contributed by atoms with van der Waals surface area (Å²) in [4.78, 5) is 17.2. The quantitative estimate of drug-likeness (QED) is 0.635. The number of anilines is 1. The van der Waals surface area contributed by atoms with Crippen molar-refractivity contribution in [3.63, 3.8) is 0 Å². The topological polar surface area (TPSA) is 54.0 Å². The lowest BCUT2D eigenvalue weighted by atomic mass is 10.2. The van der Waals surface area contributed by atoms with E-state index in [1.54, 1.807) is 12.1 Å². The molecule has 0 spiro atoms. The smallest absolute Gasteiger partial charge is 0.322 e. The molecule has 0 aromatic heterocycles. The number of morpholine rings is 1. The molecule has 3 rings (SSSR count). The van der Waals surface area contributed by atoms with E-state index in [2.05, 4.69) is 10.2 Å². The van der Waals surface area contributed by atoms with Gasteiger partial charge in [0.15, 0.2) is 0 Å². The van der Waals surface area contributed by atoms with Crippen molar-refractivity contribution in [3.8, 4) is 5.75 Å². The van der Waals surface area contributed by atoms with E-state index in [1.807, 2.05) is 48.2 Å². The summed E-state index contributed by atoms with van der Waals surface area (Å²) < 4.78 is 10.9. The molecule has 2 amide bonds. The molecule has 0 saturated carbocycles. The molecule has 1 fully saturated rings. The van der Waals surface area contributed by atoms with Crippen LogP contribution in [0.3, 0.4) is 0 Å². The van der Waals surface area contributed by atoms with E-state index in [9.17, 15) is 4.79 Å². The fourth-order valence-corrected chi connectivity index (χ4v) is 3.50. The van der Waals surface area contributed by atoms with Crippen molar-refractivity contribution < 1.29 is 14.3 Å². The second-order valence-corrected chi connectivity index (χ2v) is 7.68. The molecule has 0 atom stereocenters. The van der Waals surface area contributed by atoms with Crippen LogP contribution in [0.4, 0.5) is 10.5 Å². The Hall–Kier alpha value is -2.28. The van der Waals surface area contributed by atoms with Gasteiger partial charge in [-0.15, -0.1) is 0 Å². The third-order valence-corrected chi connectivity index (χ3v) is 5.25. The molecule has 1 saturated heterocycles. The minimum absolute atomic E-state index is 0.117. The molecule has 0 aliphatic carbocycles. The van der Waals surface area contributed by atoms with Crippen molar-refractivity contribution in [1.82, 2.24) is 9.80 Å². The van der Waals surface area contributed by atoms with Crippen LogP contribution in [0.2, 0.25) is 5.02 Å². The largest absolute Gasteiger partial charge is 0.494 e. The number of nitrogens with one attached hydrogen (secondary N) is 1. The molecule has 2 aromatic rings.